The van der Waals surface area contributed by atoms with Crippen molar-refractivity contribution in [1.29, 1.82) is 0 Å². The first-order valence-corrected chi connectivity index (χ1v) is 9.03. The molecule has 1 heterocycles. The molecule has 0 spiro atoms. The number of nitrogens with one attached hydrogen (secondary N) is 1. The first-order chi connectivity index (χ1) is 13.6. The van der Waals surface area contributed by atoms with Crippen molar-refractivity contribution in [3.8, 4) is 0 Å². The molecule has 0 unspecified atom stereocenters. The van der Waals surface area contributed by atoms with E-state index in [4.69, 9.17) is 5.73 Å². The van der Waals surface area contributed by atoms with E-state index in [0.717, 1.165) is 27.2 Å². The van der Waals surface area contributed by atoms with E-state index in [9.17, 15) is 9.59 Å². The molecule has 0 radical (unpaired) electrons. The fraction of sp³-hybridized carbons (Fsp3) is 0.0870. The van der Waals surface area contributed by atoms with Crippen LogP contribution in [0.5, 0.6) is 0 Å². The quantitative estimate of drug-likeness (QED) is 0.566. The Morgan fingerprint density at radius 1 is 0.929 bits per heavy atom. The highest BCUT2D eigenvalue weighted by Gasteiger charge is 2.20. The maximum Gasteiger partial charge on any atom is 0.253 e. The van der Waals surface area contributed by atoms with E-state index in [1.807, 2.05) is 66.7 Å². The number of pyridine rings is 1. The number of nitrogens with zero attached hydrogens (tertiary/aromatic N) is 1. The van der Waals surface area contributed by atoms with E-state index in [0.29, 0.717) is 12.0 Å². The maximum atomic E-state index is 12.7. The van der Waals surface area contributed by atoms with E-state index >= 15 is 0 Å². The van der Waals surface area contributed by atoms with Crippen molar-refractivity contribution in [2.75, 3.05) is 0 Å². The molecule has 0 aliphatic heterocycles. The van der Waals surface area contributed by atoms with E-state index in [1.165, 1.54) is 6.20 Å². The molecular formula is C23H19N3O2. The van der Waals surface area contributed by atoms with Crippen LogP contribution in [-0.4, -0.2) is 22.8 Å². The van der Waals surface area contributed by atoms with Crippen LogP contribution >= 0.6 is 0 Å². The van der Waals surface area contributed by atoms with E-state index < -0.39 is 11.9 Å². The van der Waals surface area contributed by atoms with Gasteiger partial charge in [0.2, 0.25) is 5.91 Å². The van der Waals surface area contributed by atoms with Gasteiger partial charge in [-0.05, 0) is 28.5 Å². The second-order valence-corrected chi connectivity index (χ2v) is 6.69. The third-order valence-corrected chi connectivity index (χ3v) is 4.81. The first kappa shape index (κ1) is 17.7. The average molecular weight is 369 g/mol. The van der Waals surface area contributed by atoms with Gasteiger partial charge in [-0.15, -0.1) is 0 Å². The largest absolute Gasteiger partial charge is 0.368 e. The summed E-state index contributed by atoms with van der Waals surface area (Å²) >= 11 is 0. The van der Waals surface area contributed by atoms with Gasteiger partial charge in [0.15, 0.2) is 0 Å². The summed E-state index contributed by atoms with van der Waals surface area (Å²) in [5.74, 6) is -0.947. The molecular weight excluding hydrogens is 350 g/mol. The Morgan fingerprint density at radius 3 is 2.46 bits per heavy atom. The zero-order chi connectivity index (χ0) is 19.5. The molecule has 5 nitrogen and oxygen atoms in total. The molecule has 4 aromatic rings. The summed E-state index contributed by atoms with van der Waals surface area (Å²) < 4.78 is 0. The molecule has 138 valence electrons. The lowest BCUT2D eigenvalue weighted by molar-refractivity contribution is -0.119. The van der Waals surface area contributed by atoms with Crippen molar-refractivity contribution in [3.05, 3.63) is 90.1 Å². The molecule has 0 bridgehead atoms. The van der Waals surface area contributed by atoms with Gasteiger partial charge in [0, 0.05) is 18.0 Å². The first-order valence-electron chi connectivity index (χ1n) is 9.03. The van der Waals surface area contributed by atoms with Gasteiger partial charge in [0.25, 0.3) is 5.91 Å². The third kappa shape index (κ3) is 3.55. The van der Waals surface area contributed by atoms with Crippen LogP contribution in [-0.2, 0) is 11.2 Å². The summed E-state index contributed by atoms with van der Waals surface area (Å²) in [6.45, 7) is 0. The zero-order valence-electron chi connectivity index (χ0n) is 15.1. The molecule has 0 aliphatic carbocycles. The number of amides is 2. The fourth-order valence-electron chi connectivity index (χ4n) is 3.35. The molecule has 2 amide bonds. The number of fused-ring (bicyclic) bond motifs is 2. The Balaban J connectivity index is 1.59. The number of benzene rings is 3. The normalized spacial score (nSPS) is 12.0. The third-order valence-electron chi connectivity index (χ3n) is 4.81. The van der Waals surface area contributed by atoms with Crippen LogP contribution in [0.4, 0.5) is 0 Å². The fourth-order valence-corrected chi connectivity index (χ4v) is 3.35. The second kappa shape index (κ2) is 7.48. The predicted octanol–water partition coefficient (Wildman–Crippen LogP) is 3.21. The van der Waals surface area contributed by atoms with Crippen molar-refractivity contribution >= 4 is 33.5 Å². The van der Waals surface area contributed by atoms with E-state index in [2.05, 4.69) is 10.3 Å². The minimum absolute atomic E-state index is 0.323. The number of nitrogens with two attached hydrogens (primary N) is 1. The van der Waals surface area contributed by atoms with Gasteiger partial charge in [-0.2, -0.15) is 0 Å². The number of rotatable bonds is 5. The monoisotopic (exact) mass is 369 g/mol. The molecule has 1 aromatic heterocycles. The number of hydrogen-bond donors (Lipinski definition) is 2. The van der Waals surface area contributed by atoms with Gasteiger partial charge in [-0.1, -0.05) is 60.7 Å². The highest BCUT2D eigenvalue weighted by Crippen LogP contribution is 2.20. The topological polar surface area (TPSA) is 85.1 Å². The van der Waals surface area contributed by atoms with Crippen LogP contribution in [0.2, 0.25) is 0 Å². The van der Waals surface area contributed by atoms with Crippen LogP contribution in [0.25, 0.3) is 21.7 Å². The molecule has 5 heteroatoms. The summed E-state index contributed by atoms with van der Waals surface area (Å²) in [6.07, 6.45) is 1.83. The Hall–Kier alpha value is -3.73. The smallest absolute Gasteiger partial charge is 0.253 e. The Kier molecular flexibility index (Phi) is 4.72. The standard InChI is InChI=1S/C23H19N3O2/c24-22(27)21(13-16-9-5-8-15-6-1-3-10-19(15)16)26-23(28)18-12-17-7-2-4-11-20(17)25-14-18/h1-12,14,21H,13H2,(H2,24,27)(H,26,28)/t21-/m1/s1. The van der Waals surface area contributed by atoms with Crippen LogP contribution in [0, 0.1) is 0 Å². The SMILES string of the molecule is NC(=O)[C@@H](Cc1cccc2ccccc12)NC(=O)c1cnc2ccccc2c1. The van der Waals surface area contributed by atoms with Gasteiger partial charge >= 0.3 is 0 Å². The molecule has 28 heavy (non-hydrogen) atoms. The molecule has 3 N–H and O–H groups in total. The number of para-hydroxylation sites is 1. The van der Waals surface area contributed by atoms with E-state index in [-0.39, 0.29) is 5.91 Å². The Labute approximate surface area is 162 Å². The van der Waals surface area contributed by atoms with Crippen molar-refractivity contribution in [2.24, 2.45) is 5.73 Å². The zero-order valence-corrected chi connectivity index (χ0v) is 15.1. The molecule has 0 fully saturated rings. The average Bonchev–Trinajstić information content (AvgIpc) is 2.73. The summed E-state index contributed by atoms with van der Waals surface area (Å²) in [6, 6.07) is 22.3. The number of primary amides is 1. The number of aromatic nitrogens is 1. The Morgan fingerprint density at radius 2 is 1.64 bits per heavy atom. The van der Waals surface area contributed by atoms with Crippen LogP contribution in [0.1, 0.15) is 15.9 Å². The van der Waals surface area contributed by atoms with Crippen LogP contribution in [0.15, 0.2) is 79.0 Å². The predicted molar refractivity (Wildman–Crippen MR) is 110 cm³/mol. The highest BCUT2D eigenvalue weighted by atomic mass is 16.2. The van der Waals surface area contributed by atoms with Gasteiger partial charge < -0.3 is 11.1 Å². The van der Waals surface area contributed by atoms with Crippen molar-refractivity contribution in [1.82, 2.24) is 10.3 Å². The second-order valence-electron chi connectivity index (χ2n) is 6.69. The van der Waals surface area contributed by atoms with Crippen LogP contribution in [0.3, 0.4) is 0 Å². The highest BCUT2D eigenvalue weighted by molar-refractivity contribution is 5.99. The molecule has 1 atom stereocenters. The molecule has 4 rings (SSSR count). The van der Waals surface area contributed by atoms with Crippen molar-refractivity contribution < 1.29 is 9.59 Å². The number of hydrogen-bond acceptors (Lipinski definition) is 3. The minimum Gasteiger partial charge on any atom is -0.368 e. The Bertz CT molecular complexity index is 1180. The summed E-state index contributed by atoms with van der Waals surface area (Å²) in [4.78, 5) is 29.0. The minimum atomic E-state index is -0.815. The lowest BCUT2D eigenvalue weighted by Crippen LogP contribution is -2.45. The molecule has 3 aromatic carbocycles. The number of carbonyl (C=O) groups is 2. The van der Waals surface area contributed by atoms with Crippen LogP contribution < -0.4 is 11.1 Å². The van der Waals surface area contributed by atoms with Gasteiger partial charge in [0.05, 0.1) is 11.1 Å². The maximum absolute atomic E-state index is 12.7. The van der Waals surface area contributed by atoms with Crippen molar-refractivity contribution in [2.45, 2.75) is 12.5 Å². The molecule has 0 aliphatic rings. The lowest BCUT2D eigenvalue weighted by Gasteiger charge is -2.17. The summed E-state index contributed by atoms with van der Waals surface area (Å²) in [5.41, 5.74) is 7.73. The lowest BCUT2D eigenvalue weighted by atomic mass is 9.98. The number of carbonyl (C=O) groups excluding carboxylic acids is 2. The van der Waals surface area contributed by atoms with Gasteiger partial charge in [-0.3, -0.25) is 14.6 Å². The summed E-state index contributed by atoms with van der Waals surface area (Å²) in [7, 11) is 0. The van der Waals surface area contributed by atoms with E-state index in [1.54, 1.807) is 6.07 Å². The summed E-state index contributed by atoms with van der Waals surface area (Å²) in [5, 5.41) is 5.73. The van der Waals surface area contributed by atoms with Gasteiger partial charge in [0.1, 0.15) is 6.04 Å². The molecule has 0 saturated carbocycles. The van der Waals surface area contributed by atoms with Gasteiger partial charge in [-0.25, -0.2) is 0 Å². The van der Waals surface area contributed by atoms with Crippen molar-refractivity contribution in [3.63, 3.8) is 0 Å². The molecule has 0 saturated heterocycles.